The van der Waals surface area contributed by atoms with Gasteiger partial charge in [0.15, 0.2) is 0 Å². The highest BCUT2D eigenvalue weighted by atomic mass is 16.1. The lowest BCUT2D eigenvalue weighted by Crippen LogP contribution is -2.30. The number of nitrogens with zero attached hydrogens (tertiary/aromatic N) is 3. The lowest BCUT2D eigenvalue weighted by molar-refractivity contribution is -0.116. The van der Waals surface area contributed by atoms with Crippen LogP contribution >= 0.6 is 0 Å². The number of amides is 1. The van der Waals surface area contributed by atoms with Crippen LogP contribution in [0.4, 0.5) is 23.1 Å². The predicted octanol–water partition coefficient (Wildman–Crippen LogP) is 5.82. The fourth-order valence-corrected chi connectivity index (χ4v) is 4.69. The quantitative estimate of drug-likeness (QED) is 0.590. The highest BCUT2D eigenvalue weighted by Gasteiger charge is 2.16. The van der Waals surface area contributed by atoms with Gasteiger partial charge in [0.2, 0.25) is 11.9 Å². The third-order valence-corrected chi connectivity index (χ3v) is 6.45. The van der Waals surface area contributed by atoms with E-state index in [2.05, 4.69) is 26.6 Å². The first-order valence-electron chi connectivity index (χ1n) is 11.9. The number of rotatable bonds is 7. The molecule has 166 valence electrons. The Morgan fingerprint density at radius 3 is 2.39 bits per heavy atom. The Balaban J connectivity index is 1.31. The van der Waals surface area contributed by atoms with Crippen molar-refractivity contribution >= 4 is 29.0 Å². The SMILES string of the molecule is Cc1cc(N2CCCCC2)nc(Nc2ccc(NC(=O)CCC3CCCCC3)cc2)n1. The zero-order valence-electron chi connectivity index (χ0n) is 18.7. The number of carbonyl (C=O) groups is 1. The summed E-state index contributed by atoms with van der Waals surface area (Å²) in [5, 5.41) is 6.34. The van der Waals surface area contributed by atoms with Gasteiger partial charge in [-0.05, 0) is 62.8 Å². The van der Waals surface area contributed by atoms with Crippen molar-refractivity contribution in [3.8, 4) is 0 Å². The second-order valence-corrected chi connectivity index (χ2v) is 9.03. The van der Waals surface area contributed by atoms with Crippen LogP contribution in [-0.2, 0) is 4.79 Å². The number of piperidine rings is 1. The van der Waals surface area contributed by atoms with Gasteiger partial charge >= 0.3 is 0 Å². The fraction of sp³-hybridized carbons (Fsp3) is 0.560. The summed E-state index contributed by atoms with van der Waals surface area (Å²) in [5.74, 6) is 2.45. The summed E-state index contributed by atoms with van der Waals surface area (Å²) in [6.07, 6.45) is 11.9. The molecule has 0 atom stereocenters. The number of nitrogens with one attached hydrogen (secondary N) is 2. The molecule has 31 heavy (non-hydrogen) atoms. The Morgan fingerprint density at radius 2 is 1.65 bits per heavy atom. The summed E-state index contributed by atoms with van der Waals surface area (Å²) >= 11 is 0. The average molecular weight is 422 g/mol. The van der Waals surface area contributed by atoms with Crippen molar-refractivity contribution in [2.75, 3.05) is 28.6 Å². The van der Waals surface area contributed by atoms with E-state index in [0.29, 0.717) is 12.4 Å². The molecule has 0 unspecified atom stereocenters. The molecule has 0 radical (unpaired) electrons. The third-order valence-electron chi connectivity index (χ3n) is 6.45. The molecule has 2 heterocycles. The molecule has 2 N–H and O–H groups in total. The van der Waals surface area contributed by atoms with Gasteiger partial charge in [-0.25, -0.2) is 4.98 Å². The van der Waals surface area contributed by atoms with Crippen molar-refractivity contribution in [1.82, 2.24) is 9.97 Å². The summed E-state index contributed by atoms with van der Waals surface area (Å²) in [5.41, 5.74) is 2.70. The first kappa shape index (κ1) is 21.6. The molecule has 6 nitrogen and oxygen atoms in total. The van der Waals surface area contributed by atoms with E-state index in [1.165, 1.54) is 51.4 Å². The zero-order chi connectivity index (χ0) is 21.5. The molecule has 6 heteroatoms. The lowest BCUT2D eigenvalue weighted by atomic mass is 9.86. The number of hydrogen-bond donors (Lipinski definition) is 2. The average Bonchev–Trinajstić information content (AvgIpc) is 2.80. The van der Waals surface area contributed by atoms with Gasteiger partial charge in [-0.1, -0.05) is 32.1 Å². The molecule has 2 aliphatic rings. The standard InChI is InChI=1S/C25H35N5O/c1-19-18-23(30-16-6-3-7-17-30)29-25(26-19)28-22-13-11-21(12-14-22)27-24(31)15-10-20-8-4-2-5-9-20/h11-14,18,20H,2-10,15-17H2,1H3,(H,27,31)(H,26,28,29). The maximum atomic E-state index is 12.3. The Morgan fingerprint density at radius 1 is 0.968 bits per heavy atom. The van der Waals surface area contributed by atoms with Crippen LogP contribution in [0.3, 0.4) is 0 Å². The second kappa shape index (κ2) is 10.6. The van der Waals surface area contributed by atoms with E-state index in [9.17, 15) is 4.79 Å². The van der Waals surface area contributed by atoms with E-state index in [1.54, 1.807) is 0 Å². The fourth-order valence-electron chi connectivity index (χ4n) is 4.69. The summed E-state index contributed by atoms with van der Waals surface area (Å²) in [7, 11) is 0. The van der Waals surface area contributed by atoms with Crippen LogP contribution < -0.4 is 15.5 Å². The highest BCUT2D eigenvalue weighted by Crippen LogP contribution is 2.27. The molecule has 1 aliphatic carbocycles. The van der Waals surface area contributed by atoms with Gasteiger partial charge in [0.25, 0.3) is 0 Å². The van der Waals surface area contributed by atoms with Crippen molar-refractivity contribution in [1.29, 1.82) is 0 Å². The molecule has 1 aliphatic heterocycles. The molecule has 1 saturated heterocycles. The van der Waals surface area contributed by atoms with E-state index in [0.717, 1.165) is 48.3 Å². The van der Waals surface area contributed by atoms with Crippen molar-refractivity contribution < 1.29 is 4.79 Å². The normalized spacial score (nSPS) is 17.4. The monoisotopic (exact) mass is 421 g/mol. The van der Waals surface area contributed by atoms with E-state index < -0.39 is 0 Å². The highest BCUT2D eigenvalue weighted by molar-refractivity contribution is 5.90. The number of carbonyl (C=O) groups excluding carboxylic acids is 1. The number of aryl methyl sites for hydroxylation is 1. The first-order valence-corrected chi connectivity index (χ1v) is 11.9. The van der Waals surface area contributed by atoms with Gasteiger partial charge in [0, 0.05) is 42.6 Å². The molecule has 4 rings (SSSR count). The Labute approximate surface area is 185 Å². The van der Waals surface area contributed by atoms with Crippen LogP contribution in [0.15, 0.2) is 30.3 Å². The lowest BCUT2D eigenvalue weighted by Gasteiger charge is -2.28. The minimum absolute atomic E-state index is 0.111. The minimum Gasteiger partial charge on any atom is -0.356 e. The molecular formula is C25H35N5O. The number of anilines is 4. The molecular weight excluding hydrogens is 386 g/mol. The predicted molar refractivity (Wildman–Crippen MR) is 127 cm³/mol. The van der Waals surface area contributed by atoms with Gasteiger partial charge in [0.05, 0.1) is 0 Å². The molecule has 1 amide bonds. The molecule has 1 saturated carbocycles. The van der Waals surface area contributed by atoms with Gasteiger partial charge in [-0.2, -0.15) is 4.98 Å². The van der Waals surface area contributed by atoms with Crippen molar-refractivity contribution in [3.05, 3.63) is 36.0 Å². The van der Waals surface area contributed by atoms with Crippen LogP contribution in [0.5, 0.6) is 0 Å². The molecule has 1 aromatic carbocycles. The van der Waals surface area contributed by atoms with E-state index in [4.69, 9.17) is 4.98 Å². The summed E-state index contributed by atoms with van der Waals surface area (Å²) in [6.45, 7) is 4.13. The van der Waals surface area contributed by atoms with Crippen LogP contribution in [0.1, 0.15) is 69.9 Å². The Kier molecular flexibility index (Phi) is 7.39. The summed E-state index contributed by atoms with van der Waals surface area (Å²) < 4.78 is 0. The third kappa shape index (κ3) is 6.42. The molecule has 0 spiro atoms. The summed E-state index contributed by atoms with van der Waals surface area (Å²) in [4.78, 5) is 23.9. The topological polar surface area (TPSA) is 70.2 Å². The van der Waals surface area contributed by atoms with Crippen molar-refractivity contribution in [2.24, 2.45) is 5.92 Å². The van der Waals surface area contributed by atoms with Crippen molar-refractivity contribution in [3.63, 3.8) is 0 Å². The van der Waals surface area contributed by atoms with Gasteiger partial charge in [0.1, 0.15) is 5.82 Å². The zero-order valence-corrected chi connectivity index (χ0v) is 18.7. The Hall–Kier alpha value is -2.63. The molecule has 2 fully saturated rings. The second-order valence-electron chi connectivity index (χ2n) is 9.03. The van der Waals surface area contributed by atoms with Crippen LogP contribution in [0, 0.1) is 12.8 Å². The van der Waals surface area contributed by atoms with Crippen molar-refractivity contribution in [2.45, 2.75) is 71.1 Å². The van der Waals surface area contributed by atoms with Crippen LogP contribution in [0.2, 0.25) is 0 Å². The van der Waals surface area contributed by atoms with Crippen LogP contribution in [0.25, 0.3) is 0 Å². The van der Waals surface area contributed by atoms with E-state index >= 15 is 0 Å². The maximum absolute atomic E-state index is 12.3. The Bertz CT molecular complexity index is 855. The summed E-state index contributed by atoms with van der Waals surface area (Å²) in [6, 6.07) is 9.85. The molecule has 2 aromatic rings. The molecule has 1 aromatic heterocycles. The van der Waals surface area contributed by atoms with Gasteiger partial charge in [-0.15, -0.1) is 0 Å². The van der Waals surface area contributed by atoms with Crippen LogP contribution in [-0.4, -0.2) is 29.0 Å². The largest absolute Gasteiger partial charge is 0.356 e. The molecule has 0 bridgehead atoms. The minimum atomic E-state index is 0.111. The first-order chi connectivity index (χ1) is 15.2. The maximum Gasteiger partial charge on any atom is 0.229 e. The van der Waals surface area contributed by atoms with Gasteiger partial charge < -0.3 is 15.5 Å². The smallest absolute Gasteiger partial charge is 0.229 e. The van der Waals surface area contributed by atoms with E-state index in [-0.39, 0.29) is 5.91 Å². The number of aromatic nitrogens is 2. The number of hydrogen-bond acceptors (Lipinski definition) is 5. The van der Waals surface area contributed by atoms with Gasteiger partial charge in [-0.3, -0.25) is 4.79 Å². The number of benzene rings is 1. The van der Waals surface area contributed by atoms with E-state index in [1.807, 2.05) is 31.2 Å².